The Kier molecular flexibility index (Phi) is 4.51. The van der Waals surface area contributed by atoms with Crippen LogP contribution in [0.25, 0.3) is 0 Å². The summed E-state index contributed by atoms with van der Waals surface area (Å²) in [5.74, 6) is 0.0961. The number of H-pyrrole nitrogens is 1. The van der Waals surface area contributed by atoms with Crippen LogP contribution < -0.4 is 10.9 Å². The molecule has 0 bridgehead atoms. The lowest BCUT2D eigenvalue weighted by molar-refractivity contribution is 0.102. The summed E-state index contributed by atoms with van der Waals surface area (Å²) in [5.41, 5.74) is 0.348. The first-order valence-electron chi connectivity index (χ1n) is 6.87. The molecule has 2 rings (SSSR count). The van der Waals surface area contributed by atoms with E-state index in [1.54, 1.807) is 25.1 Å². The molecule has 0 unspecified atom stereocenters. The molecular formula is C16H18BrN3O2. The van der Waals surface area contributed by atoms with Crippen LogP contribution in [0, 0.1) is 6.92 Å². The van der Waals surface area contributed by atoms with E-state index in [-0.39, 0.29) is 11.0 Å². The van der Waals surface area contributed by atoms with E-state index in [4.69, 9.17) is 0 Å². The normalized spacial score (nSPS) is 11.3. The van der Waals surface area contributed by atoms with E-state index in [1.807, 2.05) is 26.8 Å². The number of aromatic amines is 1. The highest BCUT2D eigenvalue weighted by molar-refractivity contribution is 9.10. The van der Waals surface area contributed by atoms with Gasteiger partial charge in [0.1, 0.15) is 11.4 Å². The summed E-state index contributed by atoms with van der Waals surface area (Å²) < 4.78 is 0.845. The summed E-state index contributed by atoms with van der Waals surface area (Å²) in [6, 6.07) is 7.17. The van der Waals surface area contributed by atoms with Crippen molar-refractivity contribution in [3.63, 3.8) is 0 Å². The molecule has 0 saturated heterocycles. The Morgan fingerprint density at radius 1 is 1.32 bits per heavy atom. The predicted molar refractivity (Wildman–Crippen MR) is 90.4 cm³/mol. The number of rotatable bonds is 2. The number of hydrogen-bond donors (Lipinski definition) is 2. The van der Waals surface area contributed by atoms with Gasteiger partial charge in [0.2, 0.25) is 0 Å². The molecule has 116 valence electrons. The van der Waals surface area contributed by atoms with Gasteiger partial charge in [0, 0.05) is 15.6 Å². The van der Waals surface area contributed by atoms with Crippen LogP contribution in [0.15, 0.2) is 33.5 Å². The Bertz CT molecular complexity index is 776. The SMILES string of the molecule is Cc1nc(C(C)(C)C)[nH]c(=O)c1C(=O)Nc1cccc(Br)c1. The van der Waals surface area contributed by atoms with Crippen LogP contribution in [-0.2, 0) is 5.41 Å². The first kappa shape index (κ1) is 16.4. The maximum absolute atomic E-state index is 12.3. The Morgan fingerprint density at radius 3 is 2.55 bits per heavy atom. The number of anilines is 1. The fourth-order valence-corrected chi connectivity index (χ4v) is 2.37. The Morgan fingerprint density at radius 2 is 2.00 bits per heavy atom. The molecule has 2 N–H and O–H groups in total. The van der Waals surface area contributed by atoms with Gasteiger partial charge in [-0.15, -0.1) is 0 Å². The molecule has 0 spiro atoms. The van der Waals surface area contributed by atoms with Crippen LogP contribution in [0.3, 0.4) is 0 Å². The molecule has 1 amide bonds. The maximum atomic E-state index is 12.3. The van der Waals surface area contributed by atoms with Crippen molar-refractivity contribution in [1.82, 2.24) is 9.97 Å². The standard InChI is InChI=1S/C16H18BrN3O2/c1-9-12(14(22)20-15(18-9)16(2,3)4)13(21)19-11-7-5-6-10(17)8-11/h5-8H,1-4H3,(H,19,21)(H,18,20,22). The van der Waals surface area contributed by atoms with Crippen LogP contribution in [-0.4, -0.2) is 15.9 Å². The van der Waals surface area contributed by atoms with Crippen molar-refractivity contribution in [3.05, 3.63) is 56.2 Å². The smallest absolute Gasteiger partial charge is 0.264 e. The molecule has 0 aliphatic carbocycles. The van der Waals surface area contributed by atoms with Gasteiger partial charge < -0.3 is 10.3 Å². The fraction of sp³-hybridized carbons (Fsp3) is 0.312. The first-order chi connectivity index (χ1) is 10.2. The number of carbonyl (C=O) groups excluding carboxylic acids is 1. The number of benzene rings is 1. The quantitative estimate of drug-likeness (QED) is 0.858. The average Bonchev–Trinajstić information content (AvgIpc) is 2.36. The van der Waals surface area contributed by atoms with Gasteiger partial charge >= 0.3 is 0 Å². The Labute approximate surface area is 137 Å². The van der Waals surface area contributed by atoms with Gasteiger partial charge in [-0.3, -0.25) is 9.59 Å². The maximum Gasteiger partial charge on any atom is 0.264 e. The highest BCUT2D eigenvalue weighted by Gasteiger charge is 2.22. The van der Waals surface area contributed by atoms with Gasteiger partial charge in [-0.1, -0.05) is 42.8 Å². The topological polar surface area (TPSA) is 74.8 Å². The van der Waals surface area contributed by atoms with Crippen LogP contribution in [0.5, 0.6) is 0 Å². The molecule has 0 radical (unpaired) electrons. The minimum absolute atomic E-state index is 0.0352. The molecule has 22 heavy (non-hydrogen) atoms. The zero-order valence-electron chi connectivity index (χ0n) is 13.0. The molecule has 2 aromatic rings. The zero-order valence-corrected chi connectivity index (χ0v) is 14.5. The Balaban J connectivity index is 2.37. The van der Waals surface area contributed by atoms with Crippen molar-refractivity contribution in [2.45, 2.75) is 33.1 Å². The zero-order chi connectivity index (χ0) is 16.5. The van der Waals surface area contributed by atoms with Crippen molar-refractivity contribution in [3.8, 4) is 0 Å². The van der Waals surface area contributed by atoms with Gasteiger partial charge in [0.15, 0.2) is 0 Å². The molecular weight excluding hydrogens is 346 g/mol. The monoisotopic (exact) mass is 363 g/mol. The third kappa shape index (κ3) is 3.62. The Hall–Kier alpha value is -1.95. The van der Waals surface area contributed by atoms with E-state index in [1.165, 1.54) is 0 Å². The molecule has 1 aromatic heterocycles. The number of halogens is 1. The van der Waals surface area contributed by atoms with Crippen LogP contribution in [0.2, 0.25) is 0 Å². The van der Waals surface area contributed by atoms with Crippen LogP contribution in [0.1, 0.15) is 42.6 Å². The molecule has 6 heteroatoms. The van der Waals surface area contributed by atoms with Gasteiger partial charge in [-0.2, -0.15) is 0 Å². The van der Waals surface area contributed by atoms with Crippen molar-refractivity contribution in [2.75, 3.05) is 5.32 Å². The molecule has 1 heterocycles. The second-order valence-electron chi connectivity index (χ2n) is 6.09. The van der Waals surface area contributed by atoms with E-state index >= 15 is 0 Å². The minimum Gasteiger partial charge on any atom is -0.322 e. The van der Waals surface area contributed by atoms with Crippen LogP contribution >= 0.6 is 15.9 Å². The van der Waals surface area contributed by atoms with Gasteiger partial charge in [0.05, 0.1) is 5.69 Å². The highest BCUT2D eigenvalue weighted by atomic mass is 79.9. The largest absolute Gasteiger partial charge is 0.322 e. The van der Waals surface area contributed by atoms with Crippen molar-refractivity contribution in [2.24, 2.45) is 0 Å². The van der Waals surface area contributed by atoms with Gasteiger partial charge in [-0.05, 0) is 25.1 Å². The molecule has 0 aliphatic heterocycles. The molecule has 5 nitrogen and oxygen atoms in total. The van der Waals surface area contributed by atoms with Gasteiger partial charge in [-0.25, -0.2) is 4.98 Å². The molecule has 1 aromatic carbocycles. The van der Waals surface area contributed by atoms with Gasteiger partial charge in [0.25, 0.3) is 11.5 Å². The number of aryl methyl sites for hydroxylation is 1. The van der Waals surface area contributed by atoms with Crippen molar-refractivity contribution < 1.29 is 4.79 Å². The summed E-state index contributed by atoms with van der Waals surface area (Å²) in [7, 11) is 0. The summed E-state index contributed by atoms with van der Waals surface area (Å²) in [6.07, 6.45) is 0. The summed E-state index contributed by atoms with van der Waals surface area (Å²) >= 11 is 3.34. The number of nitrogens with zero attached hydrogens (tertiary/aromatic N) is 1. The molecule has 0 aliphatic rings. The number of aromatic nitrogens is 2. The highest BCUT2D eigenvalue weighted by Crippen LogP contribution is 2.19. The third-order valence-electron chi connectivity index (χ3n) is 3.12. The minimum atomic E-state index is -0.468. The lowest BCUT2D eigenvalue weighted by atomic mass is 9.95. The second kappa shape index (κ2) is 6.04. The fourth-order valence-electron chi connectivity index (χ4n) is 1.97. The van der Waals surface area contributed by atoms with E-state index in [0.717, 1.165) is 4.47 Å². The number of carbonyl (C=O) groups is 1. The van der Waals surface area contributed by atoms with E-state index in [9.17, 15) is 9.59 Å². The van der Waals surface area contributed by atoms with Crippen molar-refractivity contribution in [1.29, 1.82) is 0 Å². The predicted octanol–water partition coefficient (Wildman–Crippen LogP) is 3.39. The molecule has 0 atom stereocenters. The first-order valence-corrected chi connectivity index (χ1v) is 7.66. The van der Waals surface area contributed by atoms with E-state index < -0.39 is 11.5 Å². The second-order valence-corrected chi connectivity index (χ2v) is 7.01. The molecule has 0 saturated carbocycles. The number of amides is 1. The molecule has 0 fully saturated rings. The van der Waals surface area contributed by atoms with Crippen LogP contribution in [0.4, 0.5) is 5.69 Å². The third-order valence-corrected chi connectivity index (χ3v) is 3.61. The summed E-state index contributed by atoms with van der Waals surface area (Å²) in [6.45, 7) is 7.52. The summed E-state index contributed by atoms with van der Waals surface area (Å²) in [5, 5.41) is 2.71. The lowest BCUT2D eigenvalue weighted by Gasteiger charge is -2.18. The van der Waals surface area contributed by atoms with Crippen molar-refractivity contribution >= 4 is 27.5 Å². The number of hydrogen-bond acceptors (Lipinski definition) is 3. The lowest BCUT2D eigenvalue weighted by Crippen LogP contribution is -2.30. The van der Waals surface area contributed by atoms with E-state index in [0.29, 0.717) is 17.2 Å². The average molecular weight is 364 g/mol. The van der Waals surface area contributed by atoms with E-state index in [2.05, 4.69) is 31.2 Å². The number of nitrogens with one attached hydrogen (secondary N) is 2. The summed E-state index contributed by atoms with van der Waals surface area (Å²) in [4.78, 5) is 31.6.